The lowest BCUT2D eigenvalue weighted by Gasteiger charge is -2.12. The van der Waals surface area contributed by atoms with Crippen molar-refractivity contribution in [1.29, 1.82) is 0 Å². The lowest BCUT2D eigenvalue weighted by atomic mass is 10.1. The number of nitro groups is 1. The fraction of sp³-hybridized carbons (Fsp3) is 0.158. The first-order valence-electron chi connectivity index (χ1n) is 8.08. The van der Waals surface area contributed by atoms with Crippen molar-refractivity contribution in [3.8, 4) is 0 Å². The number of nitrogens with zero attached hydrogens (tertiary/aromatic N) is 2. The van der Waals surface area contributed by atoms with Crippen LogP contribution >= 0.6 is 11.8 Å². The topological polar surface area (TPSA) is 80.5 Å². The summed E-state index contributed by atoms with van der Waals surface area (Å²) < 4.78 is 0. The van der Waals surface area contributed by atoms with Gasteiger partial charge in [-0.25, -0.2) is 0 Å². The summed E-state index contributed by atoms with van der Waals surface area (Å²) in [5.41, 5.74) is 1.63. The number of thioether (sulfide) groups is 1. The van der Waals surface area contributed by atoms with E-state index in [0.717, 1.165) is 23.7 Å². The van der Waals surface area contributed by atoms with Gasteiger partial charge in [0.15, 0.2) is 0 Å². The van der Waals surface area contributed by atoms with Crippen molar-refractivity contribution in [3.05, 3.63) is 80.7 Å². The summed E-state index contributed by atoms with van der Waals surface area (Å²) in [6.45, 7) is 0.353. The van der Waals surface area contributed by atoms with E-state index in [9.17, 15) is 19.7 Å². The Morgan fingerprint density at radius 2 is 1.85 bits per heavy atom. The number of carbonyl (C=O) groups excluding carboxylic acids is 2. The van der Waals surface area contributed by atoms with Gasteiger partial charge in [0, 0.05) is 18.7 Å². The van der Waals surface area contributed by atoms with Crippen LogP contribution in [0, 0.1) is 10.1 Å². The molecule has 0 aromatic heterocycles. The fourth-order valence-corrected chi connectivity index (χ4v) is 3.52. The zero-order valence-electron chi connectivity index (χ0n) is 13.8. The molecule has 0 N–H and O–H groups in total. The molecule has 1 aliphatic heterocycles. The van der Waals surface area contributed by atoms with E-state index < -0.39 is 4.92 Å². The summed E-state index contributed by atoms with van der Waals surface area (Å²) in [7, 11) is 0. The second-order valence-corrected chi connectivity index (χ2v) is 6.77. The normalized spacial score (nSPS) is 15.7. The van der Waals surface area contributed by atoms with E-state index in [0.29, 0.717) is 18.5 Å². The van der Waals surface area contributed by atoms with Crippen molar-refractivity contribution in [2.24, 2.45) is 0 Å². The van der Waals surface area contributed by atoms with Gasteiger partial charge in [0.1, 0.15) is 0 Å². The van der Waals surface area contributed by atoms with Gasteiger partial charge in [-0.1, -0.05) is 42.5 Å². The minimum Gasteiger partial charge on any atom is -0.268 e. The number of amides is 2. The standard InChI is InChI=1S/C19H16N2O4S/c22-18-17(13-15-8-4-10-16(12-15)21(24)25)26-19(23)20(18)11-5-9-14-6-2-1-3-7-14/h1-4,6-8,10,12-13H,5,9,11H2/b17-13-. The predicted octanol–water partition coefficient (Wildman–Crippen LogP) is 4.26. The summed E-state index contributed by atoms with van der Waals surface area (Å²) in [6, 6.07) is 15.8. The van der Waals surface area contributed by atoms with Gasteiger partial charge < -0.3 is 0 Å². The molecule has 0 unspecified atom stereocenters. The second-order valence-electron chi connectivity index (χ2n) is 5.77. The number of hydrogen-bond donors (Lipinski definition) is 0. The van der Waals surface area contributed by atoms with Gasteiger partial charge in [-0.2, -0.15) is 0 Å². The molecule has 2 aromatic rings. The van der Waals surface area contributed by atoms with Crippen molar-refractivity contribution in [3.63, 3.8) is 0 Å². The molecule has 7 heteroatoms. The van der Waals surface area contributed by atoms with E-state index in [4.69, 9.17) is 0 Å². The first kappa shape index (κ1) is 17.9. The van der Waals surface area contributed by atoms with Crippen LogP contribution in [0.25, 0.3) is 6.08 Å². The van der Waals surface area contributed by atoms with Crippen LogP contribution in [0.3, 0.4) is 0 Å². The summed E-state index contributed by atoms with van der Waals surface area (Å²) in [4.78, 5) is 36.5. The maximum Gasteiger partial charge on any atom is 0.293 e. The molecule has 1 fully saturated rings. The number of benzene rings is 2. The van der Waals surface area contributed by atoms with Gasteiger partial charge >= 0.3 is 0 Å². The van der Waals surface area contributed by atoms with E-state index in [2.05, 4.69) is 0 Å². The number of nitro benzene ring substituents is 1. The minimum atomic E-state index is -0.493. The van der Waals surface area contributed by atoms with Crippen molar-refractivity contribution < 1.29 is 14.5 Å². The average Bonchev–Trinajstić information content (AvgIpc) is 2.90. The first-order valence-corrected chi connectivity index (χ1v) is 8.90. The number of non-ortho nitro benzene ring substituents is 1. The Morgan fingerprint density at radius 1 is 1.08 bits per heavy atom. The summed E-state index contributed by atoms with van der Waals surface area (Å²) in [6.07, 6.45) is 2.99. The van der Waals surface area contributed by atoms with Gasteiger partial charge in [0.2, 0.25) is 0 Å². The molecule has 0 aliphatic carbocycles. The predicted molar refractivity (Wildman–Crippen MR) is 101 cm³/mol. The third kappa shape index (κ3) is 4.18. The quantitative estimate of drug-likeness (QED) is 0.432. The highest BCUT2D eigenvalue weighted by Crippen LogP contribution is 2.32. The van der Waals surface area contributed by atoms with Gasteiger partial charge in [-0.3, -0.25) is 24.6 Å². The van der Waals surface area contributed by atoms with E-state index in [1.807, 2.05) is 30.3 Å². The molecule has 132 valence electrons. The lowest BCUT2D eigenvalue weighted by molar-refractivity contribution is -0.384. The van der Waals surface area contributed by atoms with Gasteiger partial charge in [0.25, 0.3) is 16.8 Å². The molecule has 2 amide bonds. The Kier molecular flexibility index (Phi) is 5.48. The Labute approximate surface area is 154 Å². The summed E-state index contributed by atoms with van der Waals surface area (Å²) >= 11 is 0.866. The Balaban J connectivity index is 1.66. The SMILES string of the molecule is O=C1S/C(=C\c2cccc([N+](=O)[O-])c2)C(=O)N1CCCc1ccccc1. The van der Waals surface area contributed by atoms with Crippen LogP contribution in [-0.2, 0) is 11.2 Å². The summed E-state index contributed by atoms with van der Waals surface area (Å²) in [5, 5.41) is 10.5. The smallest absolute Gasteiger partial charge is 0.268 e. The molecule has 1 aliphatic rings. The third-order valence-electron chi connectivity index (χ3n) is 3.94. The third-order valence-corrected chi connectivity index (χ3v) is 4.85. The molecule has 1 saturated heterocycles. The minimum absolute atomic E-state index is 0.0548. The van der Waals surface area contributed by atoms with Crippen molar-refractivity contribution in [2.75, 3.05) is 6.54 Å². The molecule has 2 aromatic carbocycles. The average molecular weight is 368 g/mol. The number of aryl methyl sites for hydroxylation is 1. The molecular weight excluding hydrogens is 352 g/mol. The van der Waals surface area contributed by atoms with E-state index >= 15 is 0 Å². The van der Waals surface area contributed by atoms with E-state index in [1.165, 1.54) is 23.1 Å². The molecule has 0 saturated carbocycles. The largest absolute Gasteiger partial charge is 0.293 e. The zero-order valence-corrected chi connectivity index (χ0v) is 14.6. The highest BCUT2D eigenvalue weighted by Gasteiger charge is 2.34. The van der Waals surface area contributed by atoms with Crippen LogP contribution in [0.1, 0.15) is 17.5 Å². The molecule has 0 bridgehead atoms. The van der Waals surface area contributed by atoms with Gasteiger partial charge in [-0.05, 0) is 41.8 Å². The monoisotopic (exact) mass is 368 g/mol. The number of rotatable bonds is 6. The molecular formula is C19H16N2O4S. The number of hydrogen-bond acceptors (Lipinski definition) is 5. The molecule has 1 heterocycles. The van der Waals surface area contributed by atoms with Crippen molar-refractivity contribution >= 4 is 34.7 Å². The fourth-order valence-electron chi connectivity index (χ4n) is 2.66. The van der Waals surface area contributed by atoms with Crippen molar-refractivity contribution in [2.45, 2.75) is 12.8 Å². The van der Waals surface area contributed by atoms with Gasteiger partial charge in [0.05, 0.1) is 9.83 Å². The van der Waals surface area contributed by atoms with Crippen LogP contribution in [0.2, 0.25) is 0 Å². The van der Waals surface area contributed by atoms with E-state index in [1.54, 1.807) is 12.1 Å². The van der Waals surface area contributed by atoms with Crippen LogP contribution in [0.15, 0.2) is 59.5 Å². The Hall–Kier alpha value is -2.93. The Bertz CT molecular complexity index is 880. The second kappa shape index (κ2) is 7.97. The summed E-state index contributed by atoms with van der Waals surface area (Å²) in [5.74, 6) is -0.348. The maximum atomic E-state index is 12.5. The molecule has 0 radical (unpaired) electrons. The van der Waals surface area contributed by atoms with Gasteiger partial charge in [-0.15, -0.1) is 0 Å². The zero-order chi connectivity index (χ0) is 18.5. The Morgan fingerprint density at radius 3 is 2.58 bits per heavy atom. The van der Waals surface area contributed by atoms with Crippen molar-refractivity contribution in [1.82, 2.24) is 4.90 Å². The maximum absolute atomic E-state index is 12.5. The molecule has 6 nitrogen and oxygen atoms in total. The number of carbonyl (C=O) groups is 2. The lowest BCUT2D eigenvalue weighted by Crippen LogP contribution is -2.29. The molecule has 26 heavy (non-hydrogen) atoms. The molecule has 0 atom stereocenters. The highest BCUT2D eigenvalue weighted by molar-refractivity contribution is 8.18. The van der Waals surface area contributed by atoms with Crippen LogP contribution < -0.4 is 0 Å². The van der Waals surface area contributed by atoms with Crippen LogP contribution in [0.5, 0.6) is 0 Å². The number of imide groups is 1. The first-order chi connectivity index (χ1) is 12.5. The van der Waals surface area contributed by atoms with E-state index in [-0.39, 0.29) is 21.7 Å². The van der Waals surface area contributed by atoms with Crippen LogP contribution in [0.4, 0.5) is 10.5 Å². The molecule has 0 spiro atoms. The highest BCUT2D eigenvalue weighted by atomic mass is 32.2. The molecule has 3 rings (SSSR count). The van der Waals surface area contributed by atoms with Crippen LogP contribution in [-0.4, -0.2) is 27.5 Å².